The summed E-state index contributed by atoms with van der Waals surface area (Å²) in [6.07, 6.45) is 42.5. The van der Waals surface area contributed by atoms with Crippen LogP contribution in [0.1, 0.15) is 258 Å². The summed E-state index contributed by atoms with van der Waals surface area (Å²) >= 11 is 0. The van der Waals surface area contributed by atoms with Crippen molar-refractivity contribution in [2.75, 3.05) is 6.61 Å². The molecule has 0 aliphatic heterocycles. The zero-order valence-corrected chi connectivity index (χ0v) is 36.2. The maximum absolute atomic E-state index is 13.0. The Morgan fingerprint density at radius 3 is 1.02 bits per heavy atom. The molecule has 0 fully saturated rings. The first kappa shape index (κ1) is 52.8. The van der Waals surface area contributed by atoms with Crippen molar-refractivity contribution in [2.45, 2.75) is 283 Å². The summed E-state index contributed by atoms with van der Waals surface area (Å²) in [6, 6.07) is -1.02. The Balaban J connectivity index is 3.95. The van der Waals surface area contributed by atoms with E-state index in [-0.39, 0.29) is 0 Å². The first-order valence-corrected chi connectivity index (χ1v) is 23.8. The van der Waals surface area contributed by atoms with Crippen LogP contribution in [0.25, 0.3) is 0 Å². The number of hydrogen-bond donors (Lipinski definition) is 4. The van der Waals surface area contributed by atoms with Crippen molar-refractivity contribution >= 4 is 11.9 Å². The fraction of sp³-hybridized carbons (Fsp3) is 0.957. The molecule has 54 heavy (non-hydrogen) atoms. The third kappa shape index (κ3) is 35.2. The fourth-order valence-corrected chi connectivity index (χ4v) is 7.71. The van der Waals surface area contributed by atoms with E-state index >= 15 is 0 Å². The van der Waals surface area contributed by atoms with E-state index < -0.39 is 42.8 Å². The molecule has 7 nitrogen and oxygen atoms in total. The van der Waals surface area contributed by atoms with Gasteiger partial charge in [-0.25, -0.2) is 0 Å². The van der Waals surface area contributed by atoms with Crippen LogP contribution in [0.15, 0.2) is 0 Å². The van der Waals surface area contributed by atoms with E-state index in [9.17, 15) is 24.9 Å². The van der Waals surface area contributed by atoms with Crippen LogP contribution in [0.5, 0.6) is 0 Å². The molecule has 0 aromatic heterocycles. The lowest BCUT2D eigenvalue weighted by Gasteiger charge is -2.28. The van der Waals surface area contributed by atoms with Gasteiger partial charge in [-0.15, -0.1) is 0 Å². The van der Waals surface area contributed by atoms with Crippen LogP contribution in [0.3, 0.4) is 0 Å². The van der Waals surface area contributed by atoms with Crippen molar-refractivity contribution in [1.29, 1.82) is 0 Å². The van der Waals surface area contributed by atoms with Crippen molar-refractivity contribution in [1.82, 2.24) is 5.32 Å². The van der Waals surface area contributed by atoms with Gasteiger partial charge in [-0.3, -0.25) is 9.59 Å². The molecule has 0 rings (SSSR count). The second-order valence-electron chi connectivity index (χ2n) is 16.7. The summed E-state index contributed by atoms with van der Waals surface area (Å²) in [6.45, 7) is 5.32. The molecular weight excluding hydrogens is 675 g/mol. The van der Waals surface area contributed by atoms with Gasteiger partial charge in [-0.1, -0.05) is 232 Å². The number of amides is 1. The molecule has 0 spiro atoms. The van der Waals surface area contributed by atoms with E-state index in [1.54, 1.807) is 0 Å². The molecule has 0 aromatic carbocycles. The van der Waals surface area contributed by atoms with E-state index in [0.717, 1.165) is 38.5 Å². The van der Waals surface area contributed by atoms with Crippen molar-refractivity contribution in [2.24, 2.45) is 0 Å². The minimum atomic E-state index is -1.29. The number of carbonyl (C=O) groups excluding carboxylic acids is 2. The Morgan fingerprint density at radius 1 is 0.463 bits per heavy atom. The maximum Gasteiger partial charge on any atom is 0.303 e. The molecule has 4 atom stereocenters. The minimum Gasteiger partial charge on any atom is -0.452 e. The monoisotopic (exact) mass is 768 g/mol. The first-order chi connectivity index (χ1) is 26.4. The summed E-state index contributed by atoms with van der Waals surface area (Å²) < 4.78 is 5.32. The molecule has 322 valence electrons. The highest BCUT2D eigenvalue weighted by Crippen LogP contribution is 2.18. The van der Waals surface area contributed by atoms with Gasteiger partial charge in [0.2, 0.25) is 0 Å². The maximum atomic E-state index is 13.0. The topological polar surface area (TPSA) is 116 Å². The molecule has 0 heterocycles. The molecule has 0 saturated carbocycles. The Labute approximate surface area is 335 Å². The summed E-state index contributed by atoms with van der Waals surface area (Å²) in [5, 5.41) is 33.8. The summed E-state index contributed by atoms with van der Waals surface area (Å²) in [5.41, 5.74) is 0. The van der Waals surface area contributed by atoms with Gasteiger partial charge in [-0.2, -0.15) is 0 Å². The van der Waals surface area contributed by atoms with Gasteiger partial charge in [0.25, 0.3) is 5.91 Å². The Kier molecular flexibility index (Phi) is 40.5. The van der Waals surface area contributed by atoms with Crippen molar-refractivity contribution in [3.63, 3.8) is 0 Å². The highest BCUT2D eigenvalue weighted by atomic mass is 16.5. The second kappa shape index (κ2) is 41.5. The Hall–Kier alpha value is -1.18. The molecule has 1 amide bonds. The summed E-state index contributed by atoms with van der Waals surface area (Å²) in [5.74, 6) is -1.06. The Morgan fingerprint density at radius 2 is 0.741 bits per heavy atom. The van der Waals surface area contributed by atoms with Gasteiger partial charge >= 0.3 is 5.97 Å². The normalized spacial score (nSPS) is 13.8. The Bertz CT molecular complexity index is 794. The standard InChI is InChI=1S/C47H93NO6/c1-4-6-8-10-12-14-16-18-19-20-21-22-23-24-25-26-28-30-32-34-36-38-40-45(54-42(3)50)47(53)48-43(41-49)46(52)44(51)39-37-35-33-31-29-27-17-15-13-11-9-7-5-2/h43-46,49,51-52H,4-41H2,1-3H3,(H,48,53)/t43-,44+,45+,46-/m0/s1. The molecule has 0 aliphatic rings. The van der Waals surface area contributed by atoms with E-state index in [2.05, 4.69) is 19.2 Å². The van der Waals surface area contributed by atoms with Crippen molar-refractivity contribution in [3.05, 3.63) is 0 Å². The third-order valence-electron chi connectivity index (χ3n) is 11.4. The van der Waals surface area contributed by atoms with E-state index in [1.807, 2.05) is 0 Å². The van der Waals surface area contributed by atoms with Gasteiger partial charge in [0, 0.05) is 6.92 Å². The fourth-order valence-electron chi connectivity index (χ4n) is 7.71. The molecule has 0 unspecified atom stereocenters. The lowest BCUT2D eigenvalue weighted by atomic mass is 9.99. The van der Waals surface area contributed by atoms with Crippen LogP contribution in [0.4, 0.5) is 0 Å². The minimum absolute atomic E-state index is 0.403. The van der Waals surface area contributed by atoms with Gasteiger partial charge < -0.3 is 25.4 Å². The van der Waals surface area contributed by atoms with Gasteiger partial charge in [-0.05, 0) is 19.3 Å². The molecule has 4 N–H and O–H groups in total. The number of esters is 1. The van der Waals surface area contributed by atoms with Gasteiger partial charge in [0.1, 0.15) is 6.10 Å². The first-order valence-electron chi connectivity index (χ1n) is 23.8. The molecular formula is C47H93NO6. The molecule has 0 aliphatic carbocycles. The van der Waals surface area contributed by atoms with E-state index in [0.29, 0.717) is 12.8 Å². The van der Waals surface area contributed by atoms with Crippen LogP contribution in [-0.4, -0.2) is 58.2 Å². The highest BCUT2D eigenvalue weighted by molar-refractivity contribution is 5.83. The largest absolute Gasteiger partial charge is 0.452 e. The number of nitrogens with one attached hydrogen (secondary N) is 1. The molecule has 0 bridgehead atoms. The van der Waals surface area contributed by atoms with Crippen LogP contribution in [-0.2, 0) is 14.3 Å². The van der Waals surface area contributed by atoms with Crippen LogP contribution in [0.2, 0.25) is 0 Å². The van der Waals surface area contributed by atoms with E-state index in [1.165, 1.54) is 193 Å². The van der Waals surface area contributed by atoms with Crippen molar-refractivity contribution < 1.29 is 29.6 Å². The number of rotatable bonds is 43. The lowest BCUT2D eigenvalue weighted by molar-refractivity contribution is -0.155. The molecule has 0 radical (unpaired) electrons. The van der Waals surface area contributed by atoms with Crippen LogP contribution >= 0.6 is 0 Å². The smallest absolute Gasteiger partial charge is 0.303 e. The quantitative estimate of drug-likeness (QED) is 0.0363. The number of aliphatic hydroxyl groups excluding tert-OH is 3. The SMILES string of the molecule is CCCCCCCCCCCCCCCCCCCCCCCC[C@@H](OC(C)=O)C(=O)N[C@@H](CO)[C@H](O)[C@H](O)CCCCCCCCCCCCCCC. The average Bonchev–Trinajstić information content (AvgIpc) is 3.16. The summed E-state index contributed by atoms with van der Waals surface area (Å²) in [4.78, 5) is 24.8. The number of aliphatic hydroxyl groups is 3. The predicted molar refractivity (Wildman–Crippen MR) is 229 cm³/mol. The lowest BCUT2D eigenvalue weighted by Crippen LogP contribution is -2.53. The average molecular weight is 768 g/mol. The van der Waals surface area contributed by atoms with Crippen LogP contribution in [0, 0.1) is 0 Å². The predicted octanol–water partition coefficient (Wildman–Crippen LogP) is 12.6. The second-order valence-corrected chi connectivity index (χ2v) is 16.7. The zero-order valence-electron chi connectivity index (χ0n) is 36.2. The number of carbonyl (C=O) groups is 2. The van der Waals surface area contributed by atoms with Gasteiger partial charge in [0.05, 0.1) is 18.8 Å². The molecule has 0 saturated heterocycles. The van der Waals surface area contributed by atoms with Crippen LogP contribution < -0.4 is 5.32 Å². The zero-order chi connectivity index (χ0) is 39.7. The molecule has 7 heteroatoms. The molecule has 0 aromatic rings. The number of unbranched alkanes of at least 4 members (excludes halogenated alkanes) is 33. The van der Waals surface area contributed by atoms with Crippen molar-refractivity contribution in [3.8, 4) is 0 Å². The number of hydrogen-bond acceptors (Lipinski definition) is 6. The van der Waals surface area contributed by atoms with E-state index in [4.69, 9.17) is 4.74 Å². The highest BCUT2D eigenvalue weighted by Gasteiger charge is 2.30. The van der Waals surface area contributed by atoms with Gasteiger partial charge in [0.15, 0.2) is 6.10 Å². The summed E-state index contributed by atoms with van der Waals surface area (Å²) in [7, 11) is 0. The third-order valence-corrected chi connectivity index (χ3v) is 11.4. The number of ether oxygens (including phenoxy) is 1.